The van der Waals surface area contributed by atoms with Crippen molar-refractivity contribution < 1.29 is 4.79 Å². The fourth-order valence-corrected chi connectivity index (χ4v) is 3.06. The Morgan fingerprint density at radius 3 is 2.21 bits per heavy atom. The number of amides is 1. The Kier molecular flexibility index (Phi) is 5.98. The molecule has 0 saturated heterocycles. The Hall–Kier alpha value is -3.19. The lowest BCUT2D eigenvalue weighted by atomic mass is 10.1. The number of carbonyl (C=O) groups excluding carboxylic acids is 1. The summed E-state index contributed by atoms with van der Waals surface area (Å²) in [5, 5.41) is 7.23. The van der Waals surface area contributed by atoms with Crippen LogP contribution in [0.1, 0.15) is 42.9 Å². The molecular formula is C21H21ClN4O3. The second-order valence-corrected chi connectivity index (χ2v) is 7.35. The zero-order chi connectivity index (χ0) is 21.1. The van der Waals surface area contributed by atoms with Gasteiger partial charge in [0, 0.05) is 11.1 Å². The van der Waals surface area contributed by atoms with Crippen LogP contribution in [0.3, 0.4) is 0 Å². The van der Waals surface area contributed by atoms with Crippen LogP contribution in [0.5, 0.6) is 0 Å². The monoisotopic (exact) mass is 412 g/mol. The fourth-order valence-electron chi connectivity index (χ4n) is 2.93. The van der Waals surface area contributed by atoms with Crippen molar-refractivity contribution in [1.29, 1.82) is 0 Å². The van der Waals surface area contributed by atoms with E-state index in [4.69, 9.17) is 11.6 Å². The van der Waals surface area contributed by atoms with Crippen LogP contribution in [-0.4, -0.2) is 26.3 Å². The molecule has 7 nitrogen and oxygen atoms in total. The number of carbonyl (C=O) groups is 1. The maximum absolute atomic E-state index is 13.2. The van der Waals surface area contributed by atoms with Gasteiger partial charge < -0.3 is 5.32 Å². The normalized spacial score (nSPS) is 12.0. The van der Waals surface area contributed by atoms with Crippen molar-refractivity contribution in [3.63, 3.8) is 0 Å². The van der Waals surface area contributed by atoms with E-state index in [9.17, 15) is 14.4 Å². The van der Waals surface area contributed by atoms with Crippen LogP contribution in [-0.2, 0) is 0 Å². The summed E-state index contributed by atoms with van der Waals surface area (Å²) in [6.07, 6.45) is 0. The molecule has 0 bridgehead atoms. The van der Waals surface area contributed by atoms with Gasteiger partial charge in [-0.05, 0) is 50.6 Å². The van der Waals surface area contributed by atoms with Crippen molar-refractivity contribution in [2.24, 2.45) is 0 Å². The molecule has 1 N–H and O–H groups in total. The number of hydrogen-bond acceptors (Lipinski definition) is 4. The maximum atomic E-state index is 13.2. The third-order valence-electron chi connectivity index (χ3n) is 4.38. The average molecular weight is 413 g/mol. The lowest BCUT2D eigenvalue weighted by molar-refractivity contribution is 0.0933. The molecule has 8 heteroatoms. The van der Waals surface area contributed by atoms with Gasteiger partial charge >= 0.3 is 5.69 Å². The molecule has 0 aliphatic heterocycles. The van der Waals surface area contributed by atoms with E-state index in [0.717, 1.165) is 14.8 Å². The molecule has 1 aromatic heterocycles. The molecule has 0 spiro atoms. The lowest BCUT2D eigenvalue weighted by Crippen LogP contribution is -2.47. The van der Waals surface area contributed by atoms with E-state index < -0.39 is 23.2 Å². The molecule has 3 aromatic rings. The Labute approximate surface area is 172 Å². The van der Waals surface area contributed by atoms with Gasteiger partial charge in [0.1, 0.15) is 0 Å². The molecular weight excluding hydrogens is 392 g/mol. The van der Waals surface area contributed by atoms with Crippen molar-refractivity contribution in [2.75, 3.05) is 0 Å². The third-order valence-corrected chi connectivity index (χ3v) is 4.64. The van der Waals surface area contributed by atoms with E-state index in [1.165, 1.54) is 0 Å². The van der Waals surface area contributed by atoms with Crippen molar-refractivity contribution in [1.82, 2.24) is 19.7 Å². The molecule has 1 atom stereocenters. The molecule has 0 fully saturated rings. The molecule has 0 unspecified atom stereocenters. The smallest absolute Gasteiger partial charge is 0.348 e. The van der Waals surface area contributed by atoms with Gasteiger partial charge in [-0.1, -0.05) is 41.9 Å². The highest BCUT2D eigenvalue weighted by Gasteiger charge is 2.24. The van der Waals surface area contributed by atoms with E-state index >= 15 is 0 Å². The van der Waals surface area contributed by atoms with Crippen LogP contribution in [0.25, 0.3) is 5.69 Å². The van der Waals surface area contributed by atoms with E-state index in [-0.39, 0.29) is 11.7 Å². The van der Waals surface area contributed by atoms with Crippen LogP contribution in [0.2, 0.25) is 5.02 Å². The summed E-state index contributed by atoms with van der Waals surface area (Å²) < 4.78 is 2.10. The molecule has 0 saturated carbocycles. The summed E-state index contributed by atoms with van der Waals surface area (Å²) in [6.45, 7) is 5.28. The second kappa shape index (κ2) is 8.45. The molecule has 0 aliphatic carbocycles. The van der Waals surface area contributed by atoms with Gasteiger partial charge in [0.15, 0.2) is 0 Å². The molecule has 0 radical (unpaired) electrons. The standard InChI is InChI=1S/C21H21ClN4O3/c1-13(2)23-19(27)18-20(28)25(14(3)15-7-5-4-6-8-15)21(29)26(24-18)17-11-9-16(22)10-12-17/h4-14H,1-3H3,(H,23,27)/t14-/m1/s1. The summed E-state index contributed by atoms with van der Waals surface area (Å²) >= 11 is 5.94. The Balaban J connectivity index is 2.27. The first-order chi connectivity index (χ1) is 13.8. The number of nitrogens with zero attached hydrogens (tertiary/aromatic N) is 3. The SMILES string of the molecule is CC(C)NC(=O)c1nn(-c2ccc(Cl)cc2)c(=O)n([C@H](C)c2ccccc2)c1=O. The molecule has 29 heavy (non-hydrogen) atoms. The topological polar surface area (TPSA) is 86.0 Å². The first kappa shape index (κ1) is 20.5. The van der Waals surface area contributed by atoms with Crippen molar-refractivity contribution in [3.05, 3.63) is 91.7 Å². The summed E-state index contributed by atoms with van der Waals surface area (Å²) in [7, 11) is 0. The largest absolute Gasteiger partial charge is 0.352 e. The van der Waals surface area contributed by atoms with Crippen LogP contribution in [0.15, 0.2) is 64.2 Å². The van der Waals surface area contributed by atoms with Crippen molar-refractivity contribution >= 4 is 17.5 Å². The van der Waals surface area contributed by atoms with Crippen LogP contribution >= 0.6 is 11.6 Å². The van der Waals surface area contributed by atoms with E-state index in [2.05, 4.69) is 10.4 Å². The number of benzene rings is 2. The maximum Gasteiger partial charge on any atom is 0.352 e. The van der Waals surface area contributed by atoms with Gasteiger partial charge in [-0.2, -0.15) is 9.78 Å². The van der Waals surface area contributed by atoms with Gasteiger partial charge in [0.25, 0.3) is 11.5 Å². The van der Waals surface area contributed by atoms with Gasteiger partial charge in [-0.3, -0.25) is 9.59 Å². The fraction of sp³-hybridized carbons (Fsp3) is 0.238. The summed E-state index contributed by atoms with van der Waals surface area (Å²) in [6, 6.07) is 14.7. The van der Waals surface area contributed by atoms with E-state index in [1.54, 1.807) is 45.0 Å². The highest BCUT2D eigenvalue weighted by Crippen LogP contribution is 2.15. The Morgan fingerprint density at radius 2 is 1.62 bits per heavy atom. The second-order valence-electron chi connectivity index (χ2n) is 6.91. The van der Waals surface area contributed by atoms with Gasteiger partial charge in [-0.25, -0.2) is 9.36 Å². The predicted molar refractivity (Wildman–Crippen MR) is 112 cm³/mol. The minimum absolute atomic E-state index is 0.195. The lowest BCUT2D eigenvalue weighted by Gasteiger charge is -2.18. The highest BCUT2D eigenvalue weighted by molar-refractivity contribution is 6.30. The molecule has 2 aromatic carbocycles. The summed E-state index contributed by atoms with van der Waals surface area (Å²) in [5.74, 6) is -0.637. The predicted octanol–water partition coefficient (Wildman–Crippen LogP) is 2.80. The van der Waals surface area contributed by atoms with Crippen molar-refractivity contribution in [2.45, 2.75) is 32.9 Å². The zero-order valence-corrected chi connectivity index (χ0v) is 17.1. The average Bonchev–Trinajstić information content (AvgIpc) is 2.69. The number of nitrogens with one attached hydrogen (secondary N) is 1. The molecule has 1 amide bonds. The minimum atomic E-state index is -0.741. The highest BCUT2D eigenvalue weighted by atomic mass is 35.5. The van der Waals surface area contributed by atoms with Crippen molar-refractivity contribution in [3.8, 4) is 5.69 Å². The Morgan fingerprint density at radius 1 is 1.00 bits per heavy atom. The first-order valence-electron chi connectivity index (χ1n) is 9.17. The summed E-state index contributed by atoms with van der Waals surface area (Å²) in [5.41, 5.74) is -0.580. The number of hydrogen-bond donors (Lipinski definition) is 1. The van der Waals surface area contributed by atoms with E-state index in [1.807, 2.05) is 30.3 Å². The molecule has 150 valence electrons. The quantitative estimate of drug-likeness (QED) is 0.698. The van der Waals surface area contributed by atoms with Crippen LogP contribution in [0, 0.1) is 0 Å². The van der Waals surface area contributed by atoms with Gasteiger partial charge in [-0.15, -0.1) is 0 Å². The molecule has 0 aliphatic rings. The van der Waals surface area contributed by atoms with Crippen LogP contribution in [0.4, 0.5) is 0 Å². The number of aromatic nitrogens is 3. The van der Waals surface area contributed by atoms with Crippen LogP contribution < -0.4 is 16.6 Å². The van der Waals surface area contributed by atoms with Gasteiger partial charge in [0.05, 0.1) is 11.7 Å². The number of rotatable bonds is 5. The summed E-state index contributed by atoms with van der Waals surface area (Å²) in [4.78, 5) is 38.9. The molecule has 3 rings (SSSR count). The molecule has 1 heterocycles. The zero-order valence-electron chi connectivity index (χ0n) is 16.3. The van der Waals surface area contributed by atoms with E-state index in [0.29, 0.717) is 10.7 Å². The number of halogens is 1. The third kappa shape index (κ3) is 4.30. The Bertz CT molecular complexity index is 1140. The minimum Gasteiger partial charge on any atom is -0.348 e. The van der Waals surface area contributed by atoms with Gasteiger partial charge in [0.2, 0.25) is 5.69 Å². The first-order valence-corrected chi connectivity index (χ1v) is 9.55.